The van der Waals surface area contributed by atoms with Crippen LogP contribution in [0.5, 0.6) is 5.75 Å². The summed E-state index contributed by atoms with van der Waals surface area (Å²) in [5.41, 5.74) is 1.81. The molecule has 0 aliphatic carbocycles. The van der Waals surface area contributed by atoms with Gasteiger partial charge in [0, 0.05) is 0 Å². The van der Waals surface area contributed by atoms with Gasteiger partial charge in [-0.2, -0.15) is 0 Å². The monoisotopic (exact) mass is 384 g/mol. The quantitative estimate of drug-likeness (QED) is 0.562. The lowest BCUT2D eigenvalue weighted by molar-refractivity contribution is -0.307. The van der Waals surface area contributed by atoms with Gasteiger partial charge in [-0.05, 0) is 29.3 Å². The third-order valence-electron chi connectivity index (χ3n) is 3.59. The van der Waals surface area contributed by atoms with Crippen molar-refractivity contribution in [2.45, 2.75) is 6.54 Å². The van der Waals surface area contributed by atoms with Crippen molar-refractivity contribution >= 4 is 46.3 Å². The fourth-order valence-corrected chi connectivity index (χ4v) is 3.61. The van der Waals surface area contributed by atoms with Crippen molar-refractivity contribution in [2.75, 3.05) is 6.61 Å². The van der Waals surface area contributed by atoms with Crippen LogP contribution in [-0.4, -0.2) is 27.7 Å². The molecule has 0 spiro atoms. The molecule has 1 heterocycles. The maximum absolute atomic E-state index is 12.6. The van der Waals surface area contributed by atoms with Crippen LogP contribution in [0.25, 0.3) is 6.08 Å². The summed E-state index contributed by atoms with van der Waals surface area (Å²) < 4.78 is 5.56. The summed E-state index contributed by atoms with van der Waals surface area (Å²) in [5.74, 6) is -0.986. The molecule has 0 aromatic heterocycles. The number of carboxylic acid groups (broad SMARTS) is 1. The molecule has 0 bridgehead atoms. The van der Waals surface area contributed by atoms with E-state index in [0.29, 0.717) is 21.5 Å². The molecule has 2 aromatic carbocycles. The molecule has 0 saturated carbocycles. The summed E-state index contributed by atoms with van der Waals surface area (Å²) in [6, 6.07) is 16.4. The van der Waals surface area contributed by atoms with Crippen LogP contribution in [0.3, 0.4) is 0 Å². The number of rotatable bonds is 6. The van der Waals surface area contributed by atoms with E-state index in [1.165, 1.54) is 11.8 Å². The van der Waals surface area contributed by atoms with Crippen molar-refractivity contribution in [1.29, 1.82) is 0 Å². The molecule has 1 saturated heterocycles. The Morgan fingerprint density at radius 2 is 1.85 bits per heavy atom. The molecule has 7 heteroatoms. The zero-order valence-electron chi connectivity index (χ0n) is 13.6. The Bertz CT molecular complexity index is 863. The van der Waals surface area contributed by atoms with Crippen LogP contribution < -0.4 is 9.84 Å². The average molecular weight is 384 g/mol. The van der Waals surface area contributed by atoms with Crippen LogP contribution in [-0.2, 0) is 16.1 Å². The Balaban J connectivity index is 1.70. The SMILES string of the molecule is O=C([O-])COc1ccc(/C=C2\SC(=S)N(Cc3ccccc3)C2=O)cc1. The van der Waals surface area contributed by atoms with Crippen molar-refractivity contribution in [3.8, 4) is 5.75 Å². The molecule has 3 rings (SSSR count). The highest BCUT2D eigenvalue weighted by Crippen LogP contribution is 2.33. The Morgan fingerprint density at radius 3 is 2.50 bits per heavy atom. The number of carbonyl (C=O) groups is 2. The molecule has 0 N–H and O–H groups in total. The second-order valence-electron chi connectivity index (χ2n) is 5.48. The van der Waals surface area contributed by atoms with Gasteiger partial charge in [-0.25, -0.2) is 0 Å². The minimum absolute atomic E-state index is 0.124. The van der Waals surface area contributed by atoms with Gasteiger partial charge in [-0.15, -0.1) is 0 Å². The van der Waals surface area contributed by atoms with Gasteiger partial charge in [0.05, 0.1) is 17.4 Å². The largest absolute Gasteiger partial charge is 0.546 e. The van der Waals surface area contributed by atoms with E-state index in [9.17, 15) is 14.7 Å². The molecule has 2 aromatic rings. The molecule has 0 unspecified atom stereocenters. The number of aliphatic carboxylic acids is 1. The first-order valence-electron chi connectivity index (χ1n) is 7.75. The highest BCUT2D eigenvalue weighted by molar-refractivity contribution is 8.26. The fraction of sp³-hybridized carbons (Fsp3) is 0.105. The summed E-state index contributed by atoms with van der Waals surface area (Å²) in [7, 11) is 0. The first kappa shape index (κ1) is 18.2. The van der Waals surface area contributed by atoms with E-state index in [-0.39, 0.29) is 5.91 Å². The van der Waals surface area contributed by atoms with Crippen LogP contribution in [0.1, 0.15) is 11.1 Å². The molecular weight excluding hydrogens is 370 g/mol. The summed E-state index contributed by atoms with van der Waals surface area (Å²) in [6.45, 7) is -0.0592. The summed E-state index contributed by atoms with van der Waals surface area (Å²) in [4.78, 5) is 25.1. The number of amides is 1. The number of nitrogens with zero attached hydrogens (tertiary/aromatic N) is 1. The summed E-state index contributed by atoms with van der Waals surface area (Å²) >= 11 is 6.60. The average Bonchev–Trinajstić information content (AvgIpc) is 2.89. The van der Waals surface area contributed by atoms with Gasteiger partial charge in [0.15, 0.2) is 0 Å². The second-order valence-corrected chi connectivity index (χ2v) is 7.16. The van der Waals surface area contributed by atoms with Crippen molar-refractivity contribution in [1.82, 2.24) is 4.90 Å². The molecule has 26 heavy (non-hydrogen) atoms. The number of thiocarbonyl (C=S) groups is 1. The van der Waals surface area contributed by atoms with Crippen molar-refractivity contribution in [2.24, 2.45) is 0 Å². The molecule has 1 aliphatic rings. The molecular formula is C19H14NO4S2-. The number of benzene rings is 2. The molecule has 0 radical (unpaired) electrons. The second kappa shape index (κ2) is 8.16. The zero-order chi connectivity index (χ0) is 18.5. The smallest absolute Gasteiger partial charge is 0.266 e. The van der Waals surface area contributed by atoms with E-state index in [1.807, 2.05) is 30.3 Å². The summed E-state index contributed by atoms with van der Waals surface area (Å²) in [5, 5.41) is 10.4. The highest BCUT2D eigenvalue weighted by Gasteiger charge is 2.31. The third kappa shape index (κ3) is 4.50. The van der Waals surface area contributed by atoms with Crippen LogP contribution in [0, 0.1) is 0 Å². The number of carboxylic acids is 1. The van der Waals surface area contributed by atoms with E-state index in [1.54, 1.807) is 35.2 Å². The van der Waals surface area contributed by atoms with Gasteiger partial charge >= 0.3 is 0 Å². The van der Waals surface area contributed by atoms with Gasteiger partial charge in [-0.1, -0.05) is 66.4 Å². The minimum Gasteiger partial charge on any atom is -0.546 e. The molecule has 1 aliphatic heterocycles. The lowest BCUT2D eigenvalue weighted by Gasteiger charge is -2.14. The zero-order valence-corrected chi connectivity index (χ0v) is 15.2. The Morgan fingerprint density at radius 1 is 1.15 bits per heavy atom. The number of thioether (sulfide) groups is 1. The molecule has 1 fully saturated rings. The van der Waals surface area contributed by atoms with Gasteiger partial charge < -0.3 is 14.6 Å². The van der Waals surface area contributed by atoms with E-state index >= 15 is 0 Å². The molecule has 1 amide bonds. The number of hydrogen-bond donors (Lipinski definition) is 0. The molecule has 5 nitrogen and oxygen atoms in total. The minimum atomic E-state index is -1.28. The number of carbonyl (C=O) groups excluding carboxylic acids is 2. The topological polar surface area (TPSA) is 69.7 Å². The number of ether oxygens (including phenoxy) is 1. The van der Waals surface area contributed by atoms with Crippen LogP contribution in [0.15, 0.2) is 59.5 Å². The van der Waals surface area contributed by atoms with Crippen LogP contribution >= 0.6 is 24.0 Å². The maximum atomic E-state index is 12.6. The van der Waals surface area contributed by atoms with E-state index in [0.717, 1.165) is 11.1 Å². The van der Waals surface area contributed by atoms with Crippen LogP contribution in [0.2, 0.25) is 0 Å². The van der Waals surface area contributed by atoms with Crippen molar-refractivity contribution < 1.29 is 19.4 Å². The molecule has 0 atom stereocenters. The predicted molar refractivity (Wildman–Crippen MR) is 102 cm³/mol. The van der Waals surface area contributed by atoms with Gasteiger partial charge in [0.25, 0.3) is 5.91 Å². The Hall–Kier alpha value is -2.64. The van der Waals surface area contributed by atoms with Crippen LogP contribution in [0.4, 0.5) is 0 Å². The Labute approximate surface area is 160 Å². The van der Waals surface area contributed by atoms with Crippen molar-refractivity contribution in [3.05, 3.63) is 70.6 Å². The lowest BCUT2D eigenvalue weighted by atomic mass is 10.2. The summed E-state index contributed by atoms with van der Waals surface area (Å²) in [6.07, 6.45) is 1.76. The molecule has 132 valence electrons. The van der Waals surface area contributed by atoms with Gasteiger partial charge in [-0.3, -0.25) is 9.69 Å². The lowest BCUT2D eigenvalue weighted by Crippen LogP contribution is -2.28. The number of hydrogen-bond acceptors (Lipinski definition) is 6. The maximum Gasteiger partial charge on any atom is 0.266 e. The highest BCUT2D eigenvalue weighted by atomic mass is 32.2. The van der Waals surface area contributed by atoms with E-state index in [2.05, 4.69) is 0 Å². The first-order valence-corrected chi connectivity index (χ1v) is 8.97. The third-order valence-corrected chi connectivity index (χ3v) is 4.97. The van der Waals surface area contributed by atoms with Gasteiger partial charge in [0.2, 0.25) is 0 Å². The Kier molecular flexibility index (Phi) is 5.70. The predicted octanol–water partition coefficient (Wildman–Crippen LogP) is 2.22. The van der Waals surface area contributed by atoms with Crippen molar-refractivity contribution in [3.63, 3.8) is 0 Å². The van der Waals surface area contributed by atoms with E-state index in [4.69, 9.17) is 17.0 Å². The van der Waals surface area contributed by atoms with E-state index < -0.39 is 12.6 Å². The van der Waals surface area contributed by atoms with Gasteiger partial charge in [0.1, 0.15) is 16.7 Å². The fourth-order valence-electron chi connectivity index (χ4n) is 2.36. The standard InChI is InChI=1S/C19H15NO4S2/c21-17(22)12-24-15-8-6-13(7-9-15)10-16-18(23)20(19(25)26-16)11-14-4-2-1-3-5-14/h1-10H,11-12H2,(H,21,22)/p-1/b16-10-. The normalized spacial score (nSPS) is 15.5. The first-order chi connectivity index (χ1) is 12.5.